The van der Waals surface area contributed by atoms with Gasteiger partial charge in [-0.25, -0.2) is 9.97 Å². The van der Waals surface area contributed by atoms with Crippen LogP contribution >= 0.6 is 0 Å². The molecule has 5 nitrogen and oxygen atoms in total. The lowest BCUT2D eigenvalue weighted by molar-refractivity contribution is 0.400. The zero-order chi connectivity index (χ0) is 17.2. The van der Waals surface area contributed by atoms with Gasteiger partial charge in [-0.15, -0.1) is 0 Å². The van der Waals surface area contributed by atoms with E-state index in [-0.39, 0.29) is 0 Å². The van der Waals surface area contributed by atoms with E-state index in [1.807, 2.05) is 53.1 Å². The largest absolute Gasteiger partial charge is 0.478 e. The van der Waals surface area contributed by atoms with E-state index in [0.717, 1.165) is 22.5 Å². The van der Waals surface area contributed by atoms with Gasteiger partial charge in [0.05, 0.1) is 36.3 Å². The molecule has 2 aromatic carbocycles. The Labute approximate surface area is 144 Å². The number of aromatic nitrogens is 3. The van der Waals surface area contributed by atoms with E-state index in [4.69, 9.17) is 10.00 Å². The van der Waals surface area contributed by atoms with Crippen LogP contribution in [0.4, 0.5) is 0 Å². The maximum Gasteiger partial charge on any atom is 0.258 e. The van der Waals surface area contributed by atoms with Gasteiger partial charge in [0.15, 0.2) is 0 Å². The molecule has 0 aliphatic carbocycles. The normalized spacial score (nSPS) is 10.6. The highest BCUT2D eigenvalue weighted by Crippen LogP contribution is 2.28. The first-order valence-electron chi connectivity index (χ1n) is 7.78. The fourth-order valence-electron chi connectivity index (χ4n) is 2.77. The van der Waals surface area contributed by atoms with Crippen LogP contribution in [0.1, 0.15) is 5.56 Å². The Hall–Kier alpha value is -3.65. The van der Waals surface area contributed by atoms with E-state index >= 15 is 0 Å². The number of benzene rings is 2. The second-order valence-corrected chi connectivity index (χ2v) is 5.53. The van der Waals surface area contributed by atoms with Crippen LogP contribution in [0.3, 0.4) is 0 Å². The van der Waals surface area contributed by atoms with Gasteiger partial charge in [-0.05, 0) is 12.1 Å². The third-order valence-electron chi connectivity index (χ3n) is 4.03. The van der Waals surface area contributed by atoms with E-state index in [2.05, 4.69) is 16.0 Å². The van der Waals surface area contributed by atoms with Gasteiger partial charge in [0.2, 0.25) is 5.65 Å². The van der Waals surface area contributed by atoms with Crippen molar-refractivity contribution in [2.75, 3.05) is 7.11 Å². The van der Waals surface area contributed by atoms with Crippen molar-refractivity contribution in [1.29, 1.82) is 5.26 Å². The van der Waals surface area contributed by atoms with Gasteiger partial charge in [0.1, 0.15) is 0 Å². The fourth-order valence-corrected chi connectivity index (χ4v) is 2.77. The van der Waals surface area contributed by atoms with Crippen molar-refractivity contribution >= 4 is 5.65 Å². The van der Waals surface area contributed by atoms with Gasteiger partial charge in [-0.2, -0.15) is 5.26 Å². The summed E-state index contributed by atoms with van der Waals surface area (Å²) in [5, 5.41) is 8.97. The molecule has 4 aromatic rings. The average molecular weight is 326 g/mol. The monoisotopic (exact) mass is 326 g/mol. The SMILES string of the molecule is COc1nc(-c2ccccc2)cn2c(-c3ccc(C#N)cc3)cnc12. The Morgan fingerprint density at radius 2 is 1.76 bits per heavy atom. The van der Waals surface area contributed by atoms with Crippen molar-refractivity contribution < 1.29 is 4.74 Å². The van der Waals surface area contributed by atoms with Crippen molar-refractivity contribution in [3.63, 3.8) is 0 Å². The van der Waals surface area contributed by atoms with Gasteiger partial charge < -0.3 is 4.74 Å². The molecule has 0 saturated heterocycles. The van der Waals surface area contributed by atoms with Gasteiger partial charge in [0, 0.05) is 17.3 Å². The summed E-state index contributed by atoms with van der Waals surface area (Å²) in [4.78, 5) is 9.03. The summed E-state index contributed by atoms with van der Waals surface area (Å²) in [5.74, 6) is 0.473. The quantitative estimate of drug-likeness (QED) is 0.572. The highest BCUT2D eigenvalue weighted by Gasteiger charge is 2.14. The second kappa shape index (κ2) is 6.10. The molecule has 25 heavy (non-hydrogen) atoms. The van der Waals surface area contributed by atoms with Crippen LogP contribution in [0.5, 0.6) is 5.88 Å². The lowest BCUT2D eigenvalue weighted by Crippen LogP contribution is -1.98. The summed E-state index contributed by atoms with van der Waals surface area (Å²) in [5.41, 5.74) is 4.97. The van der Waals surface area contributed by atoms with E-state index in [9.17, 15) is 0 Å². The molecule has 0 N–H and O–H groups in total. The summed E-state index contributed by atoms with van der Waals surface area (Å²) in [6.45, 7) is 0. The minimum atomic E-state index is 0.473. The summed E-state index contributed by atoms with van der Waals surface area (Å²) < 4.78 is 7.41. The lowest BCUT2D eigenvalue weighted by atomic mass is 10.1. The Morgan fingerprint density at radius 3 is 2.44 bits per heavy atom. The number of rotatable bonds is 3. The summed E-state index contributed by atoms with van der Waals surface area (Å²) in [7, 11) is 1.59. The molecule has 120 valence electrons. The predicted molar refractivity (Wildman–Crippen MR) is 95.1 cm³/mol. The molecule has 0 bridgehead atoms. The standard InChI is InChI=1S/C20H14N4O/c1-25-20-19-22-12-18(16-9-7-14(11-21)8-10-16)24(19)13-17(23-20)15-5-3-2-4-6-15/h2-10,12-13H,1H3. The van der Waals surface area contributed by atoms with Crippen molar-refractivity contribution in [1.82, 2.24) is 14.4 Å². The first-order valence-corrected chi connectivity index (χ1v) is 7.78. The number of imidazole rings is 1. The summed E-state index contributed by atoms with van der Waals surface area (Å²) >= 11 is 0. The highest BCUT2D eigenvalue weighted by atomic mass is 16.5. The van der Waals surface area contributed by atoms with Crippen LogP contribution in [-0.4, -0.2) is 21.5 Å². The molecule has 2 aromatic heterocycles. The number of fused-ring (bicyclic) bond motifs is 1. The molecule has 0 saturated carbocycles. The Kier molecular flexibility index (Phi) is 3.64. The first kappa shape index (κ1) is 14.9. The molecule has 0 unspecified atom stereocenters. The van der Waals surface area contributed by atoms with E-state index in [1.54, 1.807) is 25.4 Å². The van der Waals surface area contributed by atoms with E-state index in [1.165, 1.54) is 0 Å². The minimum Gasteiger partial charge on any atom is -0.478 e. The zero-order valence-corrected chi connectivity index (χ0v) is 13.5. The topological polar surface area (TPSA) is 63.2 Å². The number of nitrogens with zero attached hydrogens (tertiary/aromatic N) is 4. The smallest absolute Gasteiger partial charge is 0.258 e. The number of ether oxygens (including phenoxy) is 1. The molecule has 0 radical (unpaired) electrons. The fraction of sp³-hybridized carbons (Fsp3) is 0.0500. The molecule has 4 rings (SSSR count). The molecular weight excluding hydrogens is 312 g/mol. The third-order valence-corrected chi connectivity index (χ3v) is 4.03. The molecular formula is C20H14N4O. The van der Waals surface area contributed by atoms with Crippen molar-refractivity contribution in [2.24, 2.45) is 0 Å². The van der Waals surface area contributed by atoms with E-state index in [0.29, 0.717) is 17.1 Å². The average Bonchev–Trinajstić information content (AvgIpc) is 3.12. The van der Waals surface area contributed by atoms with Crippen LogP contribution < -0.4 is 4.74 Å². The van der Waals surface area contributed by atoms with Gasteiger partial charge >= 0.3 is 0 Å². The van der Waals surface area contributed by atoms with Crippen LogP contribution in [0, 0.1) is 11.3 Å². The van der Waals surface area contributed by atoms with Gasteiger partial charge in [0.25, 0.3) is 5.88 Å². The number of hydrogen-bond donors (Lipinski definition) is 0. The van der Waals surface area contributed by atoms with Gasteiger partial charge in [-0.3, -0.25) is 4.40 Å². The summed E-state index contributed by atoms with van der Waals surface area (Å²) in [6.07, 6.45) is 3.74. The maximum atomic E-state index is 8.97. The highest BCUT2D eigenvalue weighted by molar-refractivity contribution is 5.69. The second-order valence-electron chi connectivity index (χ2n) is 5.53. The number of nitriles is 1. The lowest BCUT2D eigenvalue weighted by Gasteiger charge is -2.08. The molecule has 0 aliphatic rings. The molecule has 2 heterocycles. The molecule has 0 fully saturated rings. The van der Waals surface area contributed by atoms with Crippen LogP contribution in [-0.2, 0) is 0 Å². The molecule has 0 amide bonds. The van der Waals surface area contributed by atoms with Crippen molar-refractivity contribution in [2.45, 2.75) is 0 Å². The molecule has 0 atom stereocenters. The summed E-state index contributed by atoms with van der Waals surface area (Å²) in [6, 6.07) is 19.5. The third kappa shape index (κ3) is 2.60. The van der Waals surface area contributed by atoms with Crippen molar-refractivity contribution in [3.8, 4) is 34.5 Å². The Morgan fingerprint density at radius 1 is 1.00 bits per heavy atom. The first-order chi connectivity index (χ1) is 12.3. The van der Waals surface area contributed by atoms with Crippen LogP contribution in [0.15, 0.2) is 67.0 Å². The molecule has 0 aliphatic heterocycles. The number of methoxy groups -OCH3 is 1. The van der Waals surface area contributed by atoms with E-state index < -0.39 is 0 Å². The zero-order valence-electron chi connectivity index (χ0n) is 13.5. The molecule has 5 heteroatoms. The predicted octanol–water partition coefficient (Wildman–Crippen LogP) is 3.94. The Balaban J connectivity index is 1.93. The Bertz CT molecular complexity index is 1080. The minimum absolute atomic E-state index is 0.473. The van der Waals surface area contributed by atoms with Crippen LogP contribution in [0.2, 0.25) is 0 Å². The maximum absolute atomic E-state index is 8.97. The van der Waals surface area contributed by atoms with Gasteiger partial charge in [-0.1, -0.05) is 42.5 Å². The number of hydrogen-bond acceptors (Lipinski definition) is 4. The van der Waals surface area contributed by atoms with Crippen LogP contribution in [0.25, 0.3) is 28.2 Å². The van der Waals surface area contributed by atoms with Crippen molar-refractivity contribution in [3.05, 3.63) is 72.6 Å². The molecule has 0 spiro atoms.